The lowest BCUT2D eigenvalue weighted by molar-refractivity contribution is -0.385. The molecule has 1 saturated heterocycles. The molecule has 1 fully saturated rings. The number of carbonyl (C=O) groups excluding carboxylic acids is 2. The fourth-order valence-electron chi connectivity index (χ4n) is 5.20. The number of likely N-dealkylation sites (tertiary alicyclic amines) is 1. The molecule has 0 aliphatic carbocycles. The van der Waals surface area contributed by atoms with Crippen molar-refractivity contribution >= 4 is 34.8 Å². The smallest absolute Gasteiger partial charge is 0.274 e. The SMILES string of the molecule is Cc1c(C(=O)Nc2ccc(C3CCN(C(=O)c4ccc5c(c4C)OCCO5)CC3)cc2)cc(Cl)cc1[N+](=O)[O-]. The molecule has 39 heavy (non-hydrogen) atoms. The van der Waals surface area contributed by atoms with Gasteiger partial charge < -0.3 is 19.7 Å². The van der Waals surface area contributed by atoms with Crippen LogP contribution in [-0.2, 0) is 0 Å². The number of carbonyl (C=O) groups is 2. The van der Waals surface area contributed by atoms with Gasteiger partial charge in [-0.25, -0.2) is 0 Å². The van der Waals surface area contributed by atoms with Gasteiger partial charge in [-0.2, -0.15) is 0 Å². The Morgan fingerprint density at radius 2 is 1.67 bits per heavy atom. The molecule has 2 aliphatic rings. The van der Waals surface area contributed by atoms with Crippen LogP contribution in [0.5, 0.6) is 11.5 Å². The minimum Gasteiger partial charge on any atom is -0.486 e. The summed E-state index contributed by atoms with van der Waals surface area (Å²) in [7, 11) is 0. The number of hydrogen-bond acceptors (Lipinski definition) is 6. The fraction of sp³-hybridized carbons (Fsp3) is 0.310. The number of nitro benzene ring substituents is 1. The first-order valence-corrected chi connectivity index (χ1v) is 13.1. The summed E-state index contributed by atoms with van der Waals surface area (Å²) in [6.45, 7) is 5.68. The van der Waals surface area contributed by atoms with E-state index in [1.54, 1.807) is 6.07 Å². The highest BCUT2D eigenvalue weighted by Gasteiger charge is 2.28. The number of rotatable bonds is 5. The van der Waals surface area contributed by atoms with Gasteiger partial charge in [-0.3, -0.25) is 19.7 Å². The predicted molar refractivity (Wildman–Crippen MR) is 147 cm³/mol. The van der Waals surface area contributed by atoms with Crippen molar-refractivity contribution in [3.05, 3.63) is 91.5 Å². The molecule has 202 valence electrons. The van der Waals surface area contributed by atoms with E-state index in [2.05, 4.69) is 5.32 Å². The van der Waals surface area contributed by atoms with Crippen molar-refractivity contribution in [1.29, 1.82) is 0 Å². The Balaban J connectivity index is 1.21. The van der Waals surface area contributed by atoms with Gasteiger partial charge in [0.2, 0.25) is 0 Å². The molecule has 0 unspecified atom stereocenters. The van der Waals surface area contributed by atoms with E-state index in [4.69, 9.17) is 21.1 Å². The van der Waals surface area contributed by atoms with Gasteiger partial charge >= 0.3 is 0 Å². The zero-order chi connectivity index (χ0) is 27.7. The van der Waals surface area contributed by atoms with Gasteiger partial charge in [0.15, 0.2) is 11.5 Å². The highest BCUT2D eigenvalue weighted by molar-refractivity contribution is 6.31. The van der Waals surface area contributed by atoms with Gasteiger partial charge in [0.05, 0.1) is 10.5 Å². The third kappa shape index (κ3) is 5.40. The van der Waals surface area contributed by atoms with Crippen molar-refractivity contribution in [2.45, 2.75) is 32.6 Å². The zero-order valence-electron chi connectivity index (χ0n) is 21.7. The van der Waals surface area contributed by atoms with Crippen molar-refractivity contribution in [1.82, 2.24) is 4.90 Å². The number of benzene rings is 3. The average Bonchev–Trinajstić information content (AvgIpc) is 2.94. The molecule has 3 aromatic rings. The van der Waals surface area contributed by atoms with Gasteiger partial charge in [-0.1, -0.05) is 23.7 Å². The first kappa shape index (κ1) is 26.5. The summed E-state index contributed by atoms with van der Waals surface area (Å²) in [5, 5.41) is 14.2. The number of fused-ring (bicyclic) bond motifs is 1. The number of nitro groups is 1. The van der Waals surface area contributed by atoms with Crippen LogP contribution in [-0.4, -0.2) is 47.9 Å². The summed E-state index contributed by atoms with van der Waals surface area (Å²) >= 11 is 6.00. The Bertz CT molecular complexity index is 1450. The topological polar surface area (TPSA) is 111 Å². The van der Waals surface area contributed by atoms with E-state index in [1.165, 1.54) is 19.1 Å². The Hall–Kier alpha value is -4.11. The summed E-state index contributed by atoms with van der Waals surface area (Å²) < 4.78 is 11.4. The number of amides is 2. The van der Waals surface area contributed by atoms with E-state index in [-0.39, 0.29) is 33.7 Å². The molecule has 2 heterocycles. The Morgan fingerprint density at radius 3 is 2.36 bits per heavy atom. The summed E-state index contributed by atoms with van der Waals surface area (Å²) in [4.78, 5) is 38.7. The maximum atomic E-state index is 13.3. The highest BCUT2D eigenvalue weighted by Crippen LogP contribution is 2.37. The van der Waals surface area contributed by atoms with Crippen LogP contribution in [0.1, 0.15) is 56.2 Å². The van der Waals surface area contributed by atoms with E-state index in [1.807, 2.05) is 42.2 Å². The number of anilines is 1. The van der Waals surface area contributed by atoms with E-state index >= 15 is 0 Å². The highest BCUT2D eigenvalue weighted by atomic mass is 35.5. The van der Waals surface area contributed by atoms with Crippen molar-refractivity contribution < 1.29 is 24.0 Å². The Morgan fingerprint density at radius 1 is 0.974 bits per heavy atom. The number of nitrogens with one attached hydrogen (secondary N) is 1. The average molecular weight is 550 g/mol. The third-order valence-electron chi connectivity index (χ3n) is 7.40. The summed E-state index contributed by atoms with van der Waals surface area (Å²) in [6.07, 6.45) is 1.65. The van der Waals surface area contributed by atoms with E-state index < -0.39 is 10.8 Å². The molecule has 0 spiro atoms. The van der Waals surface area contributed by atoms with Gasteiger partial charge in [-0.15, -0.1) is 0 Å². The number of halogens is 1. The first-order chi connectivity index (χ1) is 18.7. The molecule has 0 saturated carbocycles. The van der Waals surface area contributed by atoms with E-state index in [9.17, 15) is 19.7 Å². The minimum absolute atomic E-state index is 0.00229. The molecule has 2 aliphatic heterocycles. The second-order valence-corrected chi connectivity index (χ2v) is 10.2. The largest absolute Gasteiger partial charge is 0.486 e. The third-order valence-corrected chi connectivity index (χ3v) is 7.61. The van der Waals surface area contributed by atoms with Gasteiger partial charge in [-0.05, 0) is 68.5 Å². The quantitative estimate of drug-likeness (QED) is 0.313. The van der Waals surface area contributed by atoms with Crippen LogP contribution in [0.2, 0.25) is 5.02 Å². The molecule has 0 aromatic heterocycles. The number of nitrogens with zero attached hydrogens (tertiary/aromatic N) is 2. The summed E-state index contributed by atoms with van der Waals surface area (Å²) in [6, 6.07) is 13.8. The fourth-order valence-corrected chi connectivity index (χ4v) is 5.41. The molecule has 10 heteroatoms. The normalized spacial score (nSPS) is 15.1. The molecule has 3 aromatic carbocycles. The van der Waals surface area contributed by atoms with Crippen molar-refractivity contribution in [3.63, 3.8) is 0 Å². The molecule has 9 nitrogen and oxygen atoms in total. The van der Waals surface area contributed by atoms with Crippen LogP contribution >= 0.6 is 11.6 Å². The molecular formula is C29H28ClN3O6. The summed E-state index contributed by atoms with van der Waals surface area (Å²) in [5.41, 5.74) is 3.36. The molecule has 2 amide bonds. The number of piperidine rings is 1. The Labute approximate surface area is 230 Å². The predicted octanol–water partition coefficient (Wildman–Crippen LogP) is 5.91. The van der Waals surface area contributed by atoms with Crippen LogP contribution in [0.4, 0.5) is 11.4 Å². The van der Waals surface area contributed by atoms with Gasteiger partial charge in [0.1, 0.15) is 13.2 Å². The van der Waals surface area contributed by atoms with Crippen LogP contribution in [0, 0.1) is 24.0 Å². The monoisotopic (exact) mass is 549 g/mol. The molecule has 1 N–H and O–H groups in total. The molecular weight excluding hydrogens is 522 g/mol. The first-order valence-electron chi connectivity index (χ1n) is 12.8. The maximum absolute atomic E-state index is 13.3. The van der Waals surface area contributed by atoms with E-state index in [0.717, 1.165) is 24.0 Å². The van der Waals surface area contributed by atoms with Crippen LogP contribution < -0.4 is 14.8 Å². The molecule has 0 bridgehead atoms. The number of ether oxygens (including phenoxy) is 2. The van der Waals surface area contributed by atoms with Crippen LogP contribution in [0.3, 0.4) is 0 Å². The van der Waals surface area contributed by atoms with E-state index in [0.29, 0.717) is 49.1 Å². The molecule has 0 radical (unpaired) electrons. The standard InChI is InChI=1S/C29H28ClN3O6/c1-17-24(15-21(30)16-25(17)33(36)37)28(34)31-22-5-3-19(4-6-22)20-9-11-32(12-10-20)29(35)23-7-8-26-27(18(23)2)39-14-13-38-26/h3-8,15-16,20H,9-14H2,1-2H3,(H,31,34). The lowest BCUT2D eigenvalue weighted by Gasteiger charge is -2.33. The van der Waals surface area contributed by atoms with Crippen molar-refractivity contribution in [3.8, 4) is 11.5 Å². The lowest BCUT2D eigenvalue weighted by Crippen LogP contribution is -2.38. The van der Waals surface area contributed by atoms with Crippen molar-refractivity contribution in [2.75, 3.05) is 31.6 Å². The van der Waals surface area contributed by atoms with Crippen LogP contribution in [0.15, 0.2) is 48.5 Å². The van der Waals surface area contributed by atoms with Crippen molar-refractivity contribution in [2.24, 2.45) is 0 Å². The summed E-state index contributed by atoms with van der Waals surface area (Å²) in [5.74, 6) is 1.15. The maximum Gasteiger partial charge on any atom is 0.274 e. The molecule has 5 rings (SSSR count). The second kappa shape index (κ2) is 10.9. The Kier molecular flexibility index (Phi) is 7.43. The molecule has 0 atom stereocenters. The lowest BCUT2D eigenvalue weighted by atomic mass is 9.89. The minimum atomic E-state index is -0.553. The second-order valence-electron chi connectivity index (χ2n) is 9.76. The zero-order valence-corrected chi connectivity index (χ0v) is 22.4. The number of hydrogen-bond donors (Lipinski definition) is 1. The van der Waals surface area contributed by atoms with Crippen LogP contribution in [0.25, 0.3) is 0 Å². The van der Waals surface area contributed by atoms with Gasteiger partial charge in [0, 0.05) is 46.6 Å². The van der Waals surface area contributed by atoms with Gasteiger partial charge in [0.25, 0.3) is 17.5 Å².